The van der Waals surface area contributed by atoms with Gasteiger partial charge in [-0.2, -0.15) is 5.10 Å². The summed E-state index contributed by atoms with van der Waals surface area (Å²) in [7, 11) is 0. The number of esters is 1. The van der Waals surface area contributed by atoms with Crippen LogP contribution in [-0.4, -0.2) is 22.3 Å². The van der Waals surface area contributed by atoms with E-state index in [1.807, 2.05) is 13.8 Å². The summed E-state index contributed by atoms with van der Waals surface area (Å²) in [4.78, 5) is 11.3. The zero-order chi connectivity index (χ0) is 9.84. The van der Waals surface area contributed by atoms with Gasteiger partial charge in [0.15, 0.2) is 0 Å². The molecule has 0 fully saturated rings. The second kappa shape index (κ2) is 3.93. The first-order chi connectivity index (χ1) is 6.13. The molecule has 0 aliphatic rings. The summed E-state index contributed by atoms with van der Waals surface area (Å²) >= 11 is 0. The molecule has 1 aromatic rings. The molecule has 1 atom stereocenters. The highest BCUT2D eigenvalue weighted by Crippen LogP contribution is 2.05. The lowest BCUT2D eigenvalue weighted by atomic mass is 10.3. The van der Waals surface area contributed by atoms with Crippen LogP contribution in [0.15, 0.2) is 6.07 Å². The van der Waals surface area contributed by atoms with E-state index in [2.05, 4.69) is 10.2 Å². The number of nitrogens with one attached hydrogen (secondary N) is 1. The average molecular weight is 183 g/mol. The molecule has 0 aliphatic heterocycles. The second-order valence-electron chi connectivity index (χ2n) is 2.83. The molecular formula is C8H13N3O2. The Hall–Kier alpha value is -1.52. The number of nitrogens with two attached hydrogens (primary N) is 1. The predicted octanol–water partition coefficient (Wildman–Crippen LogP) is 0.947. The minimum atomic E-state index is -0.418. The van der Waals surface area contributed by atoms with E-state index in [1.54, 1.807) is 0 Å². The molecule has 5 nitrogen and oxygen atoms in total. The molecule has 5 heteroatoms. The number of nitrogens with zero attached hydrogens (tertiary/aromatic N) is 1. The van der Waals surface area contributed by atoms with Crippen molar-refractivity contribution < 1.29 is 9.53 Å². The van der Waals surface area contributed by atoms with Gasteiger partial charge in [0.05, 0.1) is 6.10 Å². The Morgan fingerprint density at radius 3 is 3.00 bits per heavy atom. The minimum absolute atomic E-state index is 0.0861. The van der Waals surface area contributed by atoms with Gasteiger partial charge in [-0.05, 0) is 13.3 Å². The molecule has 0 saturated heterocycles. The fourth-order valence-corrected chi connectivity index (χ4v) is 0.771. The van der Waals surface area contributed by atoms with Crippen LogP contribution in [-0.2, 0) is 4.74 Å². The summed E-state index contributed by atoms with van der Waals surface area (Å²) in [6.45, 7) is 3.77. The van der Waals surface area contributed by atoms with Gasteiger partial charge in [0.25, 0.3) is 0 Å². The Balaban J connectivity index is 2.58. The maximum Gasteiger partial charge on any atom is 0.356 e. The standard InChI is InChI=1S/C8H13N3O2/c1-3-5(2)13-8(12)6-4-7(9)11-10-6/h4-5H,3H2,1-2H3,(H3,9,10,11). The van der Waals surface area contributed by atoms with Gasteiger partial charge in [-0.15, -0.1) is 0 Å². The number of ether oxygens (including phenoxy) is 1. The molecule has 1 unspecified atom stereocenters. The number of H-pyrrole nitrogens is 1. The summed E-state index contributed by atoms with van der Waals surface area (Å²) < 4.78 is 5.03. The van der Waals surface area contributed by atoms with Crippen molar-refractivity contribution in [3.8, 4) is 0 Å². The number of aromatic nitrogens is 2. The molecule has 3 N–H and O–H groups in total. The van der Waals surface area contributed by atoms with Crippen LogP contribution in [0.5, 0.6) is 0 Å². The van der Waals surface area contributed by atoms with Crippen LogP contribution in [0.1, 0.15) is 30.8 Å². The number of aromatic amines is 1. The molecule has 0 radical (unpaired) electrons. The lowest BCUT2D eigenvalue weighted by Crippen LogP contribution is -2.14. The largest absolute Gasteiger partial charge is 0.458 e. The number of carbonyl (C=O) groups is 1. The average Bonchev–Trinajstić information content (AvgIpc) is 2.51. The minimum Gasteiger partial charge on any atom is -0.458 e. The maximum absolute atomic E-state index is 11.3. The van der Waals surface area contributed by atoms with E-state index < -0.39 is 5.97 Å². The predicted molar refractivity (Wildman–Crippen MR) is 48.2 cm³/mol. The summed E-state index contributed by atoms with van der Waals surface area (Å²) in [6, 6.07) is 1.45. The third kappa shape index (κ3) is 2.47. The van der Waals surface area contributed by atoms with E-state index in [4.69, 9.17) is 10.5 Å². The number of anilines is 1. The summed E-state index contributed by atoms with van der Waals surface area (Å²) in [5, 5.41) is 6.11. The van der Waals surface area contributed by atoms with Crippen molar-refractivity contribution in [1.29, 1.82) is 0 Å². The van der Waals surface area contributed by atoms with Crippen molar-refractivity contribution >= 4 is 11.8 Å². The van der Waals surface area contributed by atoms with Gasteiger partial charge in [-0.25, -0.2) is 4.79 Å². The third-order valence-corrected chi connectivity index (χ3v) is 1.70. The molecule has 0 bridgehead atoms. The zero-order valence-corrected chi connectivity index (χ0v) is 7.70. The van der Waals surface area contributed by atoms with Crippen molar-refractivity contribution in [3.05, 3.63) is 11.8 Å². The molecule has 1 aromatic heterocycles. The Bertz CT molecular complexity index is 295. The van der Waals surface area contributed by atoms with Gasteiger partial charge in [0, 0.05) is 6.07 Å². The number of carbonyl (C=O) groups excluding carboxylic acids is 1. The number of rotatable bonds is 3. The molecule has 1 heterocycles. The third-order valence-electron chi connectivity index (χ3n) is 1.70. The molecule has 0 saturated carbocycles. The summed E-state index contributed by atoms with van der Waals surface area (Å²) in [6.07, 6.45) is 0.701. The fourth-order valence-electron chi connectivity index (χ4n) is 0.771. The highest BCUT2D eigenvalue weighted by atomic mass is 16.5. The molecule has 1 rings (SSSR count). The molecule has 0 spiro atoms. The number of nitrogen functional groups attached to an aromatic ring is 1. The van der Waals surface area contributed by atoms with Gasteiger partial charge in [0.1, 0.15) is 11.5 Å². The van der Waals surface area contributed by atoms with Crippen LogP contribution in [0.25, 0.3) is 0 Å². The molecule has 72 valence electrons. The van der Waals surface area contributed by atoms with Crippen molar-refractivity contribution in [2.45, 2.75) is 26.4 Å². The maximum atomic E-state index is 11.3. The topological polar surface area (TPSA) is 81.0 Å². The smallest absolute Gasteiger partial charge is 0.356 e. The number of hydrogen-bond acceptors (Lipinski definition) is 4. The van der Waals surface area contributed by atoms with E-state index >= 15 is 0 Å². The summed E-state index contributed by atoms with van der Waals surface area (Å²) in [5.41, 5.74) is 5.62. The van der Waals surface area contributed by atoms with Crippen molar-refractivity contribution in [2.24, 2.45) is 0 Å². The Morgan fingerprint density at radius 2 is 2.54 bits per heavy atom. The van der Waals surface area contributed by atoms with Gasteiger partial charge in [0.2, 0.25) is 0 Å². The SMILES string of the molecule is CCC(C)OC(=O)c1cc(N)n[nH]1. The normalized spacial score (nSPS) is 12.5. The van der Waals surface area contributed by atoms with Crippen LogP contribution in [0, 0.1) is 0 Å². The molecule has 13 heavy (non-hydrogen) atoms. The Morgan fingerprint density at radius 1 is 1.85 bits per heavy atom. The van der Waals surface area contributed by atoms with Crippen molar-refractivity contribution in [1.82, 2.24) is 10.2 Å². The van der Waals surface area contributed by atoms with E-state index in [9.17, 15) is 4.79 Å². The second-order valence-corrected chi connectivity index (χ2v) is 2.83. The molecule has 0 amide bonds. The van der Waals surface area contributed by atoms with E-state index in [-0.39, 0.29) is 17.6 Å². The Kier molecular flexibility index (Phi) is 2.89. The van der Waals surface area contributed by atoms with Gasteiger partial charge >= 0.3 is 5.97 Å². The highest BCUT2D eigenvalue weighted by molar-refractivity contribution is 5.88. The zero-order valence-electron chi connectivity index (χ0n) is 7.70. The van der Waals surface area contributed by atoms with Crippen LogP contribution in [0.3, 0.4) is 0 Å². The van der Waals surface area contributed by atoms with Crippen LogP contribution < -0.4 is 5.73 Å². The first-order valence-corrected chi connectivity index (χ1v) is 4.15. The summed E-state index contributed by atoms with van der Waals surface area (Å²) in [5.74, 6) is -0.130. The van der Waals surface area contributed by atoms with Crippen molar-refractivity contribution in [2.75, 3.05) is 5.73 Å². The van der Waals surface area contributed by atoms with Gasteiger partial charge < -0.3 is 10.5 Å². The van der Waals surface area contributed by atoms with Crippen LogP contribution in [0.2, 0.25) is 0 Å². The van der Waals surface area contributed by atoms with E-state index in [1.165, 1.54) is 6.07 Å². The lowest BCUT2D eigenvalue weighted by molar-refractivity contribution is 0.0327. The van der Waals surface area contributed by atoms with E-state index in [0.29, 0.717) is 0 Å². The fraction of sp³-hybridized carbons (Fsp3) is 0.500. The van der Waals surface area contributed by atoms with Crippen LogP contribution in [0.4, 0.5) is 5.82 Å². The first-order valence-electron chi connectivity index (χ1n) is 4.15. The molecule has 0 aliphatic carbocycles. The first kappa shape index (κ1) is 9.57. The van der Waals surface area contributed by atoms with Gasteiger partial charge in [-0.3, -0.25) is 5.10 Å². The number of hydrogen-bond donors (Lipinski definition) is 2. The van der Waals surface area contributed by atoms with Crippen molar-refractivity contribution in [3.63, 3.8) is 0 Å². The van der Waals surface area contributed by atoms with Gasteiger partial charge in [-0.1, -0.05) is 6.92 Å². The molecular weight excluding hydrogens is 170 g/mol. The van der Waals surface area contributed by atoms with E-state index in [0.717, 1.165) is 6.42 Å². The van der Waals surface area contributed by atoms with Crippen LogP contribution >= 0.6 is 0 Å². The molecule has 0 aromatic carbocycles. The highest BCUT2D eigenvalue weighted by Gasteiger charge is 2.12. The Labute approximate surface area is 76.3 Å². The monoisotopic (exact) mass is 183 g/mol. The lowest BCUT2D eigenvalue weighted by Gasteiger charge is -2.08. The quantitative estimate of drug-likeness (QED) is 0.683.